The van der Waals surface area contributed by atoms with E-state index < -0.39 is 0 Å². The first kappa shape index (κ1) is 23.1. The number of hydrogen-bond acceptors (Lipinski definition) is 6. The monoisotopic (exact) mass is 445 g/mol. The van der Waals surface area contributed by atoms with Crippen molar-refractivity contribution < 1.29 is 23.8 Å². The Hall–Kier alpha value is -2.54. The Morgan fingerprint density at radius 3 is 2.71 bits per heavy atom. The van der Waals surface area contributed by atoms with Crippen molar-refractivity contribution in [1.82, 2.24) is 0 Å². The summed E-state index contributed by atoms with van der Waals surface area (Å²) in [5, 5.41) is 3.54. The van der Waals surface area contributed by atoms with E-state index in [-0.39, 0.29) is 11.9 Å². The lowest BCUT2D eigenvalue weighted by molar-refractivity contribution is -0.116. The highest BCUT2D eigenvalue weighted by molar-refractivity contribution is 7.17. The van der Waals surface area contributed by atoms with Crippen LogP contribution in [0, 0.1) is 0 Å². The van der Waals surface area contributed by atoms with E-state index in [4.69, 9.17) is 14.2 Å². The van der Waals surface area contributed by atoms with E-state index in [1.807, 2.05) is 25.1 Å². The molecule has 0 unspecified atom stereocenters. The molecule has 0 fully saturated rings. The SMILES string of the molecule is CCCCOc1ccc(CCC(=O)Nc2sc3c(c2C(=O)OC)CCC3)cc1OCC. The van der Waals surface area contributed by atoms with Gasteiger partial charge in [0.1, 0.15) is 5.00 Å². The molecule has 168 valence electrons. The summed E-state index contributed by atoms with van der Waals surface area (Å²) in [5.74, 6) is 0.944. The first-order chi connectivity index (χ1) is 15.1. The largest absolute Gasteiger partial charge is 0.490 e. The number of aryl methyl sites for hydroxylation is 2. The van der Waals surface area contributed by atoms with Crippen molar-refractivity contribution in [3.63, 3.8) is 0 Å². The topological polar surface area (TPSA) is 73.9 Å². The number of nitrogens with one attached hydrogen (secondary N) is 1. The van der Waals surface area contributed by atoms with E-state index in [1.165, 1.54) is 23.3 Å². The average molecular weight is 446 g/mol. The number of esters is 1. The molecule has 0 saturated carbocycles. The molecule has 0 saturated heterocycles. The summed E-state index contributed by atoms with van der Waals surface area (Å²) in [6, 6.07) is 5.82. The molecule has 0 aliphatic heterocycles. The normalized spacial score (nSPS) is 12.4. The third-order valence-corrected chi connectivity index (χ3v) is 6.48. The number of anilines is 1. The van der Waals surface area contributed by atoms with Crippen LogP contribution in [0.2, 0.25) is 0 Å². The molecular formula is C24H31NO5S. The van der Waals surface area contributed by atoms with Crippen molar-refractivity contribution in [2.24, 2.45) is 0 Å². The quantitative estimate of drug-likeness (QED) is 0.381. The zero-order valence-electron chi connectivity index (χ0n) is 18.5. The van der Waals surface area contributed by atoms with Crippen LogP contribution in [0.1, 0.15) is 65.9 Å². The van der Waals surface area contributed by atoms with Crippen molar-refractivity contribution >= 4 is 28.2 Å². The molecule has 1 amide bonds. The van der Waals surface area contributed by atoms with E-state index in [0.29, 0.717) is 42.4 Å². The fourth-order valence-electron chi connectivity index (χ4n) is 3.68. The molecule has 0 atom stereocenters. The Labute approximate surface area is 187 Å². The van der Waals surface area contributed by atoms with Crippen molar-refractivity contribution in [2.45, 2.75) is 58.8 Å². The molecule has 1 aromatic carbocycles. The maximum absolute atomic E-state index is 12.6. The molecule has 0 spiro atoms. The summed E-state index contributed by atoms with van der Waals surface area (Å²) < 4.78 is 16.5. The zero-order chi connectivity index (χ0) is 22.2. The number of amides is 1. The minimum Gasteiger partial charge on any atom is -0.490 e. The van der Waals surface area contributed by atoms with E-state index in [1.54, 1.807) is 0 Å². The van der Waals surface area contributed by atoms with Crippen molar-refractivity contribution in [2.75, 3.05) is 25.6 Å². The Morgan fingerprint density at radius 2 is 1.97 bits per heavy atom. The van der Waals surface area contributed by atoms with Crippen LogP contribution < -0.4 is 14.8 Å². The lowest BCUT2D eigenvalue weighted by atomic mass is 10.1. The van der Waals surface area contributed by atoms with Crippen LogP contribution in [0.15, 0.2) is 18.2 Å². The summed E-state index contributed by atoms with van der Waals surface area (Å²) in [4.78, 5) is 26.0. The highest BCUT2D eigenvalue weighted by atomic mass is 32.1. The number of thiophene rings is 1. The van der Waals surface area contributed by atoms with Crippen LogP contribution in [-0.2, 0) is 28.8 Å². The summed E-state index contributed by atoms with van der Waals surface area (Å²) in [5.41, 5.74) is 2.57. The summed E-state index contributed by atoms with van der Waals surface area (Å²) in [7, 11) is 1.37. The van der Waals surface area contributed by atoms with Crippen molar-refractivity contribution in [3.05, 3.63) is 39.8 Å². The van der Waals surface area contributed by atoms with Gasteiger partial charge in [-0.25, -0.2) is 4.79 Å². The van der Waals surface area contributed by atoms with Crippen LogP contribution in [0.3, 0.4) is 0 Å². The lowest BCUT2D eigenvalue weighted by Gasteiger charge is -2.13. The molecule has 1 heterocycles. The van der Waals surface area contributed by atoms with Gasteiger partial charge in [0.2, 0.25) is 5.91 Å². The molecule has 1 aromatic heterocycles. The van der Waals surface area contributed by atoms with Crippen LogP contribution >= 0.6 is 11.3 Å². The molecule has 6 nitrogen and oxygen atoms in total. The summed E-state index contributed by atoms with van der Waals surface area (Å²) >= 11 is 1.49. The number of carbonyl (C=O) groups excluding carboxylic acids is 2. The molecule has 2 aromatic rings. The molecule has 1 aliphatic carbocycles. The lowest BCUT2D eigenvalue weighted by Crippen LogP contribution is -2.15. The fraction of sp³-hybridized carbons (Fsp3) is 0.500. The van der Waals surface area contributed by atoms with Gasteiger partial charge in [0.15, 0.2) is 11.5 Å². The van der Waals surface area contributed by atoms with Crippen LogP contribution in [0.5, 0.6) is 11.5 Å². The van der Waals surface area contributed by atoms with Crippen LogP contribution in [0.4, 0.5) is 5.00 Å². The Bertz CT molecular complexity index is 921. The number of ether oxygens (including phenoxy) is 3. The number of hydrogen-bond donors (Lipinski definition) is 1. The minimum absolute atomic E-state index is 0.119. The van der Waals surface area contributed by atoms with Gasteiger partial charge in [-0.15, -0.1) is 11.3 Å². The van der Waals surface area contributed by atoms with Gasteiger partial charge < -0.3 is 19.5 Å². The standard InChI is InChI=1S/C24H31NO5S/c1-4-6-14-30-18-12-10-16(15-19(18)29-5-2)11-13-21(26)25-23-22(24(27)28-3)17-8-7-9-20(17)31-23/h10,12,15H,4-9,11,13-14H2,1-3H3,(H,25,26). The highest BCUT2D eigenvalue weighted by Crippen LogP contribution is 2.39. The maximum Gasteiger partial charge on any atom is 0.341 e. The number of fused-ring (bicyclic) bond motifs is 1. The van der Waals surface area contributed by atoms with E-state index in [2.05, 4.69) is 12.2 Å². The molecule has 31 heavy (non-hydrogen) atoms. The molecule has 3 rings (SSSR count). The predicted octanol–water partition coefficient (Wildman–Crippen LogP) is 5.17. The molecule has 1 aliphatic rings. The number of rotatable bonds is 11. The van der Waals surface area contributed by atoms with Gasteiger partial charge in [0.25, 0.3) is 0 Å². The molecular weight excluding hydrogens is 414 g/mol. The number of benzene rings is 1. The maximum atomic E-state index is 12.6. The predicted molar refractivity (Wildman–Crippen MR) is 123 cm³/mol. The molecule has 7 heteroatoms. The second-order valence-corrected chi connectivity index (χ2v) is 8.62. The fourth-order valence-corrected chi connectivity index (χ4v) is 4.97. The van der Waals surface area contributed by atoms with Gasteiger partial charge in [-0.05, 0) is 62.3 Å². The molecule has 0 bridgehead atoms. The third kappa shape index (κ3) is 5.79. The van der Waals surface area contributed by atoms with Crippen molar-refractivity contribution in [1.29, 1.82) is 0 Å². The molecule has 0 radical (unpaired) electrons. The first-order valence-electron chi connectivity index (χ1n) is 11.0. The second-order valence-electron chi connectivity index (χ2n) is 7.52. The number of carbonyl (C=O) groups is 2. The average Bonchev–Trinajstić information content (AvgIpc) is 3.34. The number of methoxy groups -OCH3 is 1. The third-order valence-electron chi connectivity index (χ3n) is 5.27. The first-order valence-corrected chi connectivity index (χ1v) is 11.8. The van der Waals surface area contributed by atoms with E-state index >= 15 is 0 Å². The summed E-state index contributed by atoms with van der Waals surface area (Å²) in [6.45, 7) is 5.27. The molecule has 1 N–H and O–H groups in total. The zero-order valence-corrected chi connectivity index (χ0v) is 19.4. The number of unbranched alkanes of at least 4 members (excludes halogenated alkanes) is 1. The van der Waals surface area contributed by atoms with Gasteiger partial charge in [0, 0.05) is 11.3 Å². The van der Waals surface area contributed by atoms with Gasteiger partial charge >= 0.3 is 5.97 Å². The van der Waals surface area contributed by atoms with Crippen LogP contribution in [-0.4, -0.2) is 32.2 Å². The van der Waals surface area contributed by atoms with E-state index in [9.17, 15) is 9.59 Å². The van der Waals surface area contributed by atoms with E-state index in [0.717, 1.165) is 49.0 Å². The Morgan fingerprint density at radius 1 is 1.13 bits per heavy atom. The van der Waals surface area contributed by atoms with Crippen molar-refractivity contribution in [3.8, 4) is 11.5 Å². The van der Waals surface area contributed by atoms with Gasteiger partial charge in [-0.1, -0.05) is 19.4 Å². The minimum atomic E-state index is -0.380. The Kier molecular flexibility index (Phi) is 8.35. The summed E-state index contributed by atoms with van der Waals surface area (Å²) in [6.07, 6.45) is 5.80. The highest BCUT2D eigenvalue weighted by Gasteiger charge is 2.27. The van der Waals surface area contributed by atoms with Gasteiger partial charge in [0.05, 0.1) is 25.9 Å². The van der Waals surface area contributed by atoms with Gasteiger partial charge in [-0.3, -0.25) is 4.79 Å². The smallest absolute Gasteiger partial charge is 0.341 e. The second kappa shape index (κ2) is 11.2. The van der Waals surface area contributed by atoms with Gasteiger partial charge in [-0.2, -0.15) is 0 Å². The Balaban J connectivity index is 1.63. The van der Waals surface area contributed by atoms with Crippen LogP contribution in [0.25, 0.3) is 0 Å².